The molecule has 0 unspecified atom stereocenters. The molecule has 2 rings (SSSR count). The van der Waals surface area contributed by atoms with Gasteiger partial charge in [0.2, 0.25) is 0 Å². The predicted molar refractivity (Wildman–Crippen MR) is 78.5 cm³/mol. The first-order valence-electron chi connectivity index (χ1n) is 5.00. The summed E-state index contributed by atoms with van der Waals surface area (Å²) >= 11 is 10.8. The first kappa shape index (κ1) is 13.3. The van der Waals surface area contributed by atoms with Crippen LogP contribution in [0.1, 0.15) is 15.2 Å². The number of thiophene rings is 1. The van der Waals surface area contributed by atoms with Crippen molar-refractivity contribution in [1.29, 1.82) is 0 Å². The van der Waals surface area contributed by atoms with E-state index in [4.69, 9.17) is 11.6 Å². The van der Waals surface area contributed by atoms with E-state index in [9.17, 15) is 4.79 Å². The molecule has 0 aliphatic heterocycles. The molecule has 3 nitrogen and oxygen atoms in total. The van der Waals surface area contributed by atoms with Gasteiger partial charge in [-0.1, -0.05) is 23.7 Å². The molecule has 0 fully saturated rings. The van der Waals surface area contributed by atoms with Crippen LogP contribution in [-0.4, -0.2) is 12.1 Å². The molecule has 0 spiro atoms. The Morgan fingerprint density at radius 2 is 2.11 bits per heavy atom. The van der Waals surface area contributed by atoms with Crippen LogP contribution in [0.4, 0.5) is 0 Å². The van der Waals surface area contributed by atoms with Crippen LogP contribution in [0.15, 0.2) is 45.3 Å². The minimum absolute atomic E-state index is 0.326. The maximum atomic E-state index is 11.7. The van der Waals surface area contributed by atoms with E-state index in [1.165, 1.54) is 11.3 Å². The van der Waals surface area contributed by atoms with Gasteiger partial charge in [-0.2, -0.15) is 5.10 Å². The van der Waals surface area contributed by atoms with Gasteiger partial charge < -0.3 is 0 Å². The summed E-state index contributed by atoms with van der Waals surface area (Å²) in [5, 5.41) is 4.29. The molecule has 92 valence electrons. The summed E-state index contributed by atoms with van der Waals surface area (Å²) in [6, 6.07) is 10.7. The number of benzene rings is 1. The lowest BCUT2D eigenvalue weighted by molar-refractivity contribution is 0.0955. The molecule has 0 saturated heterocycles. The second-order valence-electron chi connectivity index (χ2n) is 3.32. The Bertz CT molecular complexity index is 597. The van der Waals surface area contributed by atoms with Gasteiger partial charge in [-0.3, -0.25) is 4.79 Å². The number of halogens is 2. The van der Waals surface area contributed by atoms with Crippen molar-refractivity contribution < 1.29 is 4.79 Å². The number of carbonyl (C=O) groups excluding carboxylic acids is 1. The van der Waals surface area contributed by atoms with Gasteiger partial charge in [-0.05, 0) is 40.2 Å². The van der Waals surface area contributed by atoms with Gasteiger partial charge in [0.1, 0.15) is 0 Å². The largest absolute Gasteiger partial charge is 0.272 e. The summed E-state index contributed by atoms with van der Waals surface area (Å²) in [6.07, 6.45) is 1.59. The molecule has 0 atom stereocenters. The zero-order valence-electron chi connectivity index (χ0n) is 9.06. The van der Waals surface area contributed by atoms with Crippen molar-refractivity contribution in [3.63, 3.8) is 0 Å². The van der Waals surface area contributed by atoms with Crippen LogP contribution >= 0.6 is 38.9 Å². The van der Waals surface area contributed by atoms with E-state index in [0.717, 1.165) is 8.66 Å². The van der Waals surface area contributed by atoms with Gasteiger partial charge in [0, 0.05) is 4.88 Å². The van der Waals surface area contributed by atoms with E-state index in [1.54, 1.807) is 30.5 Å². The summed E-state index contributed by atoms with van der Waals surface area (Å²) in [5.74, 6) is -0.326. The molecule has 0 radical (unpaired) electrons. The molecular formula is C12H8BrClN2OS. The third kappa shape index (κ3) is 3.41. The number of amides is 1. The average Bonchev–Trinajstić information content (AvgIpc) is 2.75. The fraction of sp³-hybridized carbons (Fsp3) is 0. The van der Waals surface area contributed by atoms with Crippen LogP contribution in [0.5, 0.6) is 0 Å². The third-order valence-corrected chi connectivity index (χ3v) is 3.96. The normalized spacial score (nSPS) is 10.8. The lowest BCUT2D eigenvalue weighted by atomic mass is 10.2. The number of carbonyl (C=O) groups is 1. The van der Waals surface area contributed by atoms with E-state index in [-0.39, 0.29) is 5.91 Å². The molecule has 1 amide bonds. The second-order valence-corrected chi connectivity index (χ2v) is 6.22. The lowest BCUT2D eigenvalue weighted by Gasteiger charge is -2.01. The highest BCUT2D eigenvalue weighted by Crippen LogP contribution is 2.20. The number of nitrogens with zero attached hydrogens (tertiary/aromatic N) is 1. The molecule has 0 saturated carbocycles. The van der Waals surface area contributed by atoms with Crippen molar-refractivity contribution in [1.82, 2.24) is 5.43 Å². The van der Waals surface area contributed by atoms with Gasteiger partial charge in [0.15, 0.2) is 0 Å². The Hall–Kier alpha value is -1.17. The van der Waals surface area contributed by atoms with E-state index in [1.807, 2.05) is 12.1 Å². The molecule has 0 bridgehead atoms. The van der Waals surface area contributed by atoms with Crippen molar-refractivity contribution in [2.75, 3.05) is 0 Å². The van der Waals surface area contributed by atoms with Crippen LogP contribution in [0, 0.1) is 0 Å². The maximum absolute atomic E-state index is 11.7. The first-order valence-corrected chi connectivity index (χ1v) is 6.99. The number of nitrogens with one attached hydrogen (secondary N) is 1. The standard InChI is InChI=1S/C12H8BrClN2OS/c13-11-6-5-8(18-11)7-15-16-12(17)9-3-1-2-4-10(9)14/h1-7H,(H,16,17)/b15-7-. The monoisotopic (exact) mass is 342 g/mol. The number of hydrogen-bond acceptors (Lipinski definition) is 3. The third-order valence-electron chi connectivity index (χ3n) is 2.07. The Balaban J connectivity index is 2.01. The van der Waals surface area contributed by atoms with Crippen LogP contribution < -0.4 is 5.43 Å². The molecule has 0 aliphatic rings. The van der Waals surface area contributed by atoms with Gasteiger partial charge in [-0.25, -0.2) is 5.43 Å². The molecule has 6 heteroatoms. The summed E-state index contributed by atoms with van der Waals surface area (Å²) in [7, 11) is 0. The summed E-state index contributed by atoms with van der Waals surface area (Å²) in [5.41, 5.74) is 2.84. The fourth-order valence-corrected chi connectivity index (χ4v) is 2.77. The summed E-state index contributed by atoms with van der Waals surface area (Å²) in [6.45, 7) is 0. The number of hydrogen-bond donors (Lipinski definition) is 1. The Kier molecular flexibility index (Phi) is 4.52. The van der Waals surface area contributed by atoms with Crippen molar-refractivity contribution in [2.45, 2.75) is 0 Å². The Morgan fingerprint density at radius 3 is 2.78 bits per heavy atom. The number of hydrazone groups is 1. The topological polar surface area (TPSA) is 41.5 Å². The molecular weight excluding hydrogens is 336 g/mol. The van der Waals surface area contributed by atoms with Gasteiger partial charge in [0.25, 0.3) is 5.91 Å². The van der Waals surface area contributed by atoms with Crippen molar-refractivity contribution in [2.24, 2.45) is 5.10 Å². The molecule has 1 aromatic carbocycles. The lowest BCUT2D eigenvalue weighted by Crippen LogP contribution is -2.17. The first-order chi connectivity index (χ1) is 8.66. The molecule has 0 aliphatic carbocycles. The molecule has 1 heterocycles. The SMILES string of the molecule is O=C(N/N=C\c1ccc(Br)s1)c1ccccc1Cl. The van der Waals surface area contributed by atoms with E-state index in [0.29, 0.717) is 10.6 Å². The van der Waals surface area contributed by atoms with Gasteiger partial charge >= 0.3 is 0 Å². The zero-order chi connectivity index (χ0) is 13.0. The average molecular weight is 344 g/mol. The minimum Gasteiger partial charge on any atom is -0.267 e. The quantitative estimate of drug-likeness (QED) is 0.666. The van der Waals surface area contributed by atoms with E-state index in [2.05, 4.69) is 26.5 Å². The predicted octanol–water partition coefficient (Wildman–Crippen LogP) is 3.93. The minimum atomic E-state index is -0.326. The van der Waals surface area contributed by atoms with Crippen LogP contribution in [0.25, 0.3) is 0 Å². The molecule has 1 aromatic heterocycles. The summed E-state index contributed by atoms with van der Waals surface area (Å²) in [4.78, 5) is 12.7. The molecule has 1 N–H and O–H groups in total. The van der Waals surface area contributed by atoms with Gasteiger partial charge in [-0.15, -0.1) is 11.3 Å². The van der Waals surface area contributed by atoms with Crippen molar-refractivity contribution in [3.05, 3.63) is 55.6 Å². The molecule has 2 aromatic rings. The maximum Gasteiger partial charge on any atom is 0.272 e. The van der Waals surface area contributed by atoms with Gasteiger partial charge in [0.05, 0.1) is 20.6 Å². The smallest absolute Gasteiger partial charge is 0.267 e. The van der Waals surface area contributed by atoms with Crippen molar-refractivity contribution >= 4 is 51.0 Å². The second kappa shape index (κ2) is 6.13. The number of rotatable bonds is 3. The van der Waals surface area contributed by atoms with Crippen LogP contribution in [0.2, 0.25) is 5.02 Å². The van der Waals surface area contributed by atoms with E-state index >= 15 is 0 Å². The molecule has 18 heavy (non-hydrogen) atoms. The fourth-order valence-electron chi connectivity index (χ4n) is 1.26. The Morgan fingerprint density at radius 1 is 1.33 bits per heavy atom. The highest BCUT2D eigenvalue weighted by molar-refractivity contribution is 9.11. The Labute approximate surface area is 122 Å². The van der Waals surface area contributed by atoms with Crippen LogP contribution in [-0.2, 0) is 0 Å². The van der Waals surface area contributed by atoms with Crippen molar-refractivity contribution in [3.8, 4) is 0 Å². The van der Waals surface area contributed by atoms with E-state index < -0.39 is 0 Å². The zero-order valence-corrected chi connectivity index (χ0v) is 12.2. The highest BCUT2D eigenvalue weighted by Gasteiger charge is 2.07. The van der Waals surface area contributed by atoms with Crippen LogP contribution in [0.3, 0.4) is 0 Å². The summed E-state index contributed by atoms with van der Waals surface area (Å²) < 4.78 is 1.02. The highest BCUT2D eigenvalue weighted by atomic mass is 79.9.